The Labute approximate surface area is 194 Å². The van der Waals surface area contributed by atoms with Crippen LogP contribution in [0.25, 0.3) is 11.0 Å². The number of nitrogens with zero attached hydrogens (tertiary/aromatic N) is 1. The number of carbonyl (C=O) groups is 2. The van der Waals surface area contributed by atoms with Gasteiger partial charge in [0.2, 0.25) is 0 Å². The van der Waals surface area contributed by atoms with Crippen molar-refractivity contribution in [1.29, 1.82) is 0 Å². The van der Waals surface area contributed by atoms with Gasteiger partial charge in [0.05, 0.1) is 16.4 Å². The summed E-state index contributed by atoms with van der Waals surface area (Å²) >= 11 is 5.57. The molecule has 0 aliphatic rings. The molecule has 0 aliphatic carbocycles. The molecule has 30 heavy (non-hydrogen) atoms. The molecule has 1 aromatic heterocycles. The van der Waals surface area contributed by atoms with Crippen LogP contribution in [-0.2, 0) is 4.79 Å². The van der Waals surface area contributed by atoms with Gasteiger partial charge in [0, 0.05) is 9.86 Å². The van der Waals surface area contributed by atoms with E-state index in [1.165, 1.54) is 6.21 Å². The second kappa shape index (κ2) is 9.94. The molecule has 3 rings (SSSR count). The quantitative estimate of drug-likeness (QED) is 0.237. The molecular formula is C20H17BrIN3O5. The Kier molecular flexibility index (Phi) is 7.32. The van der Waals surface area contributed by atoms with Crippen LogP contribution >= 0.6 is 38.5 Å². The van der Waals surface area contributed by atoms with Gasteiger partial charge in [-0.3, -0.25) is 9.59 Å². The molecule has 1 heterocycles. The van der Waals surface area contributed by atoms with Crippen LogP contribution in [0.1, 0.15) is 23.0 Å². The number of amides is 2. The number of hydrogen-bond acceptors (Lipinski definition) is 6. The Balaban J connectivity index is 1.71. The second-order valence-corrected chi connectivity index (χ2v) is 8.09. The third-order valence-electron chi connectivity index (χ3n) is 3.78. The maximum absolute atomic E-state index is 12.4. The molecule has 2 amide bonds. The van der Waals surface area contributed by atoms with Gasteiger partial charge in [-0.2, -0.15) is 5.10 Å². The molecule has 0 fully saturated rings. The number of carbonyl (C=O) groups excluding carboxylic acids is 2. The zero-order valence-electron chi connectivity index (χ0n) is 15.8. The summed E-state index contributed by atoms with van der Waals surface area (Å²) in [5.74, 6) is -0.0750. The number of hydrazone groups is 1. The van der Waals surface area contributed by atoms with Crippen LogP contribution in [-0.4, -0.2) is 31.2 Å². The predicted molar refractivity (Wildman–Crippen MR) is 124 cm³/mol. The van der Waals surface area contributed by atoms with Crippen molar-refractivity contribution in [3.63, 3.8) is 0 Å². The highest BCUT2D eigenvalue weighted by atomic mass is 127. The van der Waals surface area contributed by atoms with E-state index in [4.69, 9.17) is 19.6 Å². The summed E-state index contributed by atoms with van der Waals surface area (Å²) in [6, 6.07) is 10.4. The lowest BCUT2D eigenvalue weighted by Gasteiger charge is -2.11. The minimum Gasteiger partial charge on any atom is -0.490 e. The number of fused-ring (bicyclic) bond motifs is 1. The number of primary amides is 1. The topological polar surface area (TPSA) is 116 Å². The van der Waals surface area contributed by atoms with Crippen molar-refractivity contribution in [2.75, 3.05) is 13.2 Å². The highest BCUT2D eigenvalue weighted by molar-refractivity contribution is 14.1. The fourth-order valence-corrected chi connectivity index (χ4v) is 4.21. The lowest BCUT2D eigenvalue weighted by Crippen LogP contribution is -2.20. The van der Waals surface area contributed by atoms with Crippen molar-refractivity contribution in [3.8, 4) is 11.5 Å². The first-order valence-electron chi connectivity index (χ1n) is 8.77. The van der Waals surface area contributed by atoms with E-state index in [0.717, 1.165) is 13.4 Å². The monoisotopic (exact) mass is 585 g/mol. The summed E-state index contributed by atoms with van der Waals surface area (Å²) in [5, 5.41) is 4.78. The fraction of sp³-hybridized carbons (Fsp3) is 0.150. The minimum absolute atomic E-state index is 0.156. The average molecular weight is 586 g/mol. The number of rotatable bonds is 8. The molecule has 8 nitrogen and oxygen atoms in total. The van der Waals surface area contributed by atoms with Crippen LogP contribution in [0.5, 0.6) is 11.5 Å². The third kappa shape index (κ3) is 5.51. The van der Waals surface area contributed by atoms with E-state index >= 15 is 0 Å². The molecule has 0 bridgehead atoms. The number of hydrogen-bond donors (Lipinski definition) is 2. The van der Waals surface area contributed by atoms with Crippen LogP contribution in [0.4, 0.5) is 0 Å². The second-order valence-electron chi connectivity index (χ2n) is 6.01. The van der Waals surface area contributed by atoms with Crippen LogP contribution in [0.15, 0.2) is 50.4 Å². The first-order chi connectivity index (χ1) is 14.4. The maximum Gasteiger partial charge on any atom is 0.307 e. The van der Waals surface area contributed by atoms with Crippen molar-refractivity contribution in [2.45, 2.75) is 6.92 Å². The van der Waals surface area contributed by atoms with Gasteiger partial charge >= 0.3 is 5.91 Å². The van der Waals surface area contributed by atoms with E-state index in [-0.39, 0.29) is 12.4 Å². The van der Waals surface area contributed by atoms with Gasteiger partial charge in [-0.05, 0) is 71.5 Å². The molecular weight excluding hydrogens is 569 g/mol. The smallest absolute Gasteiger partial charge is 0.307 e. The van der Waals surface area contributed by atoms with Crippen molar-refractivity contribution in [2.24, 2.45) is 10.8 Å². The van der Waals surface area contributed by atoms with E-state index in [1.54, 1.807) is 24.3 Å². The molecule has 10 heteroatoms. The Hall–Kier alpha value is -2.60. The Morgan fingerprint density at radius 3 is 2.77 bits per heavy atom. The third-order valence-corrected chi connectivity index (χ3v) is 5.04. The van der Waals surface area contributed by atoms with Gasteiger partial charge < -0.3 is 19.6 Å². The lowest BCUT2D eigenvalue weighted by atomic mass is 10.2. The molecule has 156 valence electrons. The molecule has 0 saturated heterocycles. The highest BCUT2D eigenvalue weighted by Gasteiger charge is 2.14. The Morgan fingerprint density at radius 2 is 2.03 bits per heavy atom. The van der Waals surface area contributed by atoms with Crippen LogP contribution < -0.4 is 20.6 Å². The van der Waals surface area contributed by atoms with Crippen molar-refractivity contribution >= 4 is 67.5 Å². The SMILES string of the molecule is CCOc1cc(/C=N\NC(=O)c2cc3cc(Br)cc(I)c3o2)ccc1OCC(N)=O. The Morgan fingerprint density at radius 1 is 1.23 bits per heavy atom. The fourth-order valence-electron chi connectivity index (χ4n) is 2.55. The van der Waals surface area contributed by atoms with Gasteiger partial charge in [0.1, 0.15) is 5.58 Å². The van der Waals surface area contributed by atoms with Gasteiger partial charge in [-0.15, -0.1) is 0 Å². The van der Waals surface area contributed by atoms with E-state index in [2.05, 4.69) is 49.0 Å². The van der Waals surface area contributed by atoms with Gasteiger partial charge in [-0.1, -0.05) is 15.9 Å². The van der Waals surface area contributed by atoms with Crippen molar-refractivity contribution in [1.82, 2.24) is 5.43 Å². The van der Waals surface area contributed by atoms with Gasteiger partial charge in [-0.25, -0.2) is 5.43 Å². The van der Waals surface area contributed by atoms with E-state index in [9.17, 15) is 9.59 Å². The number of nitrogens with two attached hydrogens (primary N) is 1. The summed E-state index contributed by atoms with van der Waals surface area (Å²) < 4.78 is 18.3. The number of benzene rings is 2. The summed E-state index contributed by atoms with van der Waals surface area (Å²) in [5.41, 5.74) is 8.84. The molecule has 3 aromatic rings. The highest BCUT2D eigenvalue weighted by Crippen LogP contribution is 2.29. The van der Waals surface area contributed by atoms with E-state index in [0.29, 0.717) is 29.3 Å². The first kappa shape index (κ1) is 22.1. The number of nitrogens with one attached hydrogen (secondary N) is 1. The molecule has 0 spiro atoms. The molecule has 0 unspecified atom stereocenters. The minimum atomic E-state index is -0.585. The number of furan rings is 1. The zero-order chi connectivity index (χ0) is 21.7. The largest absolute Gasteiger partial charge is 0.490 e. The average Bonchev–Trinajstić information content (AvgIpc) is 3.12. The van der Waals surface area contributed by atoms with Crippen molar-refractivity contribution in [3.05, 3.63) is 55.8 Å². The Bertz CT molecular complexity index is 1130. The molecule has 0 saturated carbocycles. The van der Waals surface area contributed by atoms with Crippen LogP contribution in [0.2, 0.25) is 0 Å². The summed E-state index contributed by atoms with van der Waals surface area (Å²) in [6.45, 7) is 1.98. The number of ether oxygens (including phenoxy) is 2. The molecule has 0 radical (unpaired) electrons. The normalized spacial score (nSPS) is 11.0. The van der Waals surface area contributed by atoms with Gasteiger partial charge in [0.15, 0.2) is 23.9 Å². The van der Waals surface area contributed by atoms with Gasteiger partial charge in [0.25, 0.3) is 5.91 Å². The predicted octanol–water partition coefficient (Wildman–Crippen LogP) is 3.83. The summed E-state index contributed by atoms with van der Waals surface area (Å²) in [6.07, 6.45) is 1.46. The van der Waals surface area contributed by atoms with Crippen LogP contribution in [0.3, 0.4) is 0 Å². The first-order valence-corrected chi connectivity index (χ1v) is 10.6. The maximum atomic E-state index is 12.4. The summed E-state index contributed by atoms with van der Waals surface area (Å²) in [4.78, 5) is 23.3. The van der Waals surface area contributed by atoms with E-state index < -0.39 is 11.8 Å². The van der Waals surface area contributed by atoms with Crippen molar-refractivity contribution < 1.29 is 23.5 Å². The standard InChI is InChI=1S/C20H17BrIN3O5/c1-2-28-16-5-11(3-4-15(16)29-10-18(23)26)9-24-25-20(27)17-7-12-6-13(21)8-14(22)19(12)30-17/h3-9H,2,10H2,1H3,(H2,23,26)(H,25,27)/b24-9-. The number of halogens is 2. The molecule has 0 aliphatic heterocycles. The molecule has 2 aromatic carbocycles. The lowest BCUT2D eigenvalue weighted by molar-refractivity contribution is -0.119. The zero-order valence-corrected chi connectivity index (χ0v) is 19.5. The summed E-state index contributed by atoms with van der Waals surface area (Å²) in [7, 11) is 0. The van der Waals surface area contributed by atoms with Crippen LogP contribution in [0, 0.1) is 3.57 Å². The van der Waals surface area contributed by atoms with E-state index in [1.807, 2.05) is 19.1 Å². The molecule has 0 atom stereocenters. The molecule has 3 N–H and O–H groups in total.